The Morgan fingerprint density at radius 3 is 2.57 bits per heavy atom. The highest BCUT2D eigenvalue weighted by molar-refractivity contribution is 6.00. The molecule has 1 aromatic heterocycles. The third kappa shape index (κ3) is 4.96. The van der Waals surface area contributed by atoms with Crippen molar-refractivity contribution < 1.29 is 22.8 Å². The smallest absolute Gasteiger partial charge is 0.227 e. The minimum atomic E-state index is -0.868. The van der Waals surface area contributed by atoms with Crippen LogP contribution in [0.2, 0.25) is 0 Å². The highest BCUT2D eigenvalue weighted by atomic mass is 19.1. The Morgan fingerprint density at radius 1 is 1.17 bits per heavy atom. The van der Waals surface area contributed by atoms with Crippen LogP contribution in [0.3, 0.4) is 0 Å². The molecule has 2 aromatic carbocycles. The number of nitriles is 1. The SMILES string of the molecule is N#Cc1c(CCCNC(=O)C2CC(=O)N(c3ccc(F)cc3F)C2)nn(-c2ccc(F)cc2)c1N. The molecule has 2 heterocycles. The summed E-state index contributed by atoms with van der Waals surface area (Å²) in [5, 5.41) is 16.6. The second kappa shape index (κ2) is 9.89. The Bertz CT molecular complexity index is 1320. The molecule has 8 nitrogen and oxygen atoms in total. The van der Waals surface area contributed by atoms with E-state index in [-0.39, 0.29) is 42.5 Å². The first-order chi connectivity index (χ1) is 16.8. The van der Waals surface area contributed by atoms with Crippen molar-refractivity contribution in [1.82, 2.24) is 15.1 Å². The number of nitrogen functional groups attached to an aromatic ring is 1. The number of nitrogens with one attached hydrogen (secondary N) is 1. The molecule has 35 heavy (non-hydrogen) atoms. The van der Waals surface area contributed by atoms with E-state index in [1.807, 2.05) is 6.07 Å². The molecule has 1 unspecified atom stereocenters. The molecule has 1 saturated heterocycles. The van der Waals surface area contributed by atoms with Gasteiger partial charge >= 0.3 is 0 Å². The van der Waals surface area contributed by atoms with Crippen LogP contribution in [0.4, 0.5) is 24.7 Å². The predicted octanol–water partition coefficient (Wildman–Crippen LogP) is 2.85. The van der Waals surface area contributed by atoms with Crippen LogP contribution >= 0.6 is 0 Å². The molecule has 180 valence electrons. The van der Waals surface area contributed by atoms with E-state index in [4.69, 9.17) is 5.73 Å². The zero-order chi connectivity index (χ0) is 25.1. The summed E-state index contributed by atoms with van der Waals surface area (Å²) in [4.78, 5) is 26.0. The molecule has 3 aromatic rings. The van der Waals surface area contributed by atoms with Crippen LogP contribution in [0.25, 0.3) is 5.69 Å². The fourth-order valence-corrected chi connectivity index (χ4v) is 3.98. The zero-order valence-corrected chi connectivity index (χ0v) is 18.5. The average Bonchev–Trinajstić information content (AvgIpc) is 3.36. The second-order valence-corrected chi connectivity index (χ2v) is 8.10. The van der Waals surface area contributed by atoms with Gasteiger partial charge in [0.05, 0.1) is 23.0 Å². The molecule has 0 radical (unpaired) electrons. The van der Waals surface area contributed by atoms with Gasteiger partial charge in [-0.05, 0) is 49.2 Å². The lowest BCUT2D eigenvalue weighted by molar-refractivity contribution is -0.126. The molecule has 0 aliphatic carbocycles. The number of hydrogen-bond donors (Lipinski definition) is 2. The standard InChI is InChI=1S/C24H21F3N6O2/c25-15-3-6-17(7-4-15)33-23(29)18(12-28)20(31-33)2-1-9-30-24(35)14-10-22(34)32(13-14)21-8-5-16(26)11-19(21)27/h3-8,11,14H,1-2,9-10,13,29H2,(H,30,35). The first kappa shape index (κ1) is 23.8. The number of carbonyl (C=O) groups excluding carboxylic acids is 2. The maximum atomic E-state index is 14.0. The van der Waals surface area contributed by atoms with E-state index < -0.39 is 29.3 Å². The fraction of sp³-hybridized carbons (Fsp3) is 0.250. The van der Waals surface area contributed by atoms with Crippen molar-refractivity contribution in [3.05, 3.63) is 71.2 Å². The van der Waals surface area contributed by atoms with Gasteiger partial charge in [0.1, 0.15) is 34.9 Å². The van der Waals surface area contributed by atoms with Gasteiger partial charge in [-0.1, -0.05) is 0 Å². The Hall–Kier alpha value is -4.33. The van der Waals surface area contributed by atoms with Crippen molar-refractivity contribution in [2.75, 3.05) is 23.7 Å². The summed E-state index contributed by atoms with van der Waals surface area (Å²) in [6.45, 7) is 0.243. The van der Waals surface area contributed by atoms with Gasteiger partial charge in [-0.25, -0.2) is 17.9 Å². The first-order valence-electron chi connectivity index (χ1n) is 10.8. The number of aromatic nitrogens is 2. The summed E-state index contributed by atoms with van der Waals surface area (Å²) >= 11 is 0. The number of nitrogens with two attached hydrogens (primary N) is 1. The summed E-state index contributed by atoms with van der Waals surface area (Å²) in [6.07, 6.45) is 0.704. The summed E-state index contributed by atoms with van der Waals surface area (Å²) in [7, 11) is 0. The third-order valence-electron chi connectivity index (χ3n) is 5.76. The summed E-state index contributed by atoms with van der Waals surface area (Å²) < 4.78 is 41.8. The second-order valence-electron chi connectivity index (χ2n) is 8.10. The molecular weight excluding hydrogens is 461 g/mol. The van der Waals surface area contributed by atoms with Gasteiger partial charge in [0.25, 0.3) is 0 Å². The van der Waals surface area contributed by atoms with Gasteiger partial charge < -0.3 is 16.0 Å². The molecule has 11 heteroatoms. The van der Waals surface area contributed by atoms with Crippen molar-refractivity contribution in [1.29, 1.82) is 5.26 Å². The Kier molecular flexibility index (Phi) is 6.73. The number of halogens is 3. The Morgan fingerprint density at radius 2 is 1.89 bits per heavy atom. The molecular formula is C24H21F3N6O2. The summed E-state index contributed by atoms with van der Waals surface area (Å²) in [6, 6.07) is 10.5. The molecule has 4 rings (SSSR count). The summed E-state index contributed by atoms with van der Waals surface area (Å²) in [5.41, 5.74) is 7.14. The molecule has 1 aliphatic heterocycles. The monoisotopic (exact) mass is 482 g/mol. The van der Waals surface area contributed by atoms with Crippen LogP contribution in [-0.2, 0) is 16.0 Å². The predicted molar refractivity (Wildman–Crippen MR) is 121 cm³/mol. The van der Waals surface area contributed by atoms with Crippen LogP contribution in [0.5, 0.6) is 0 Å². The highest BCUT2D eigenvalue weighted by Crippen LogP contribution is 2.28. The lowest BCUT2D eigenvalue weighted by Crippen LogP contribution is -2.33. The quantitative estimate of drug-likeness (QED) is 0.503. The van der Waals surface area contributed by atoms with E-state index in [2.05, 4.69) is 10.4 Å². The van der Waals surface area contributed by atoms with Crippen LogP contribution in [0.1, 0.15) is 24.1 Å². The number of benzene rings is 2. The van der Waals surface area contributed by atoms with Crippen molar-refractivity contribution >= 4 is 23.3 Å². The molecule has 3 N–H and O–H groups in total. The maximum Gasteiger partial charge on any atom is 0.227 e. The van der Waals surface area contributed by atoms with Gasteiger partial charge in [-0.15, -0.1) is 0 Å². The van der Waals surface area contributed by atoms with Gasteiger partial charge in [-0.3, -0.25) is 9.59 Å². The van der Waals surface area contributed by atoms with Gasteiger partial charge in [0.2, 0.25) is 11.8 Å². The van der Waals surface area contributed by atoms with Crippen molar-refractivity contribution in [3.8, 4) is 11.8 Å². The van der Waals surface area contributed by atoms with Gasteiger partial charge in [0.15, 0.2) is 0 Å². The molecule has 2 amide bonds. The molecule has 0 bridgehead atoms. The van der Waals surface area contributed by atoms with E-state index in [0.717, 1.165) is 11.0 Å². The number of rotatable bonds is 7. The minimum absolute atomic E-state index is 0.00951. The van der Waals surface area contributed by atoms with Crippen molar-refractivity contribution in [2.24, 2.45) is 5.92 Å². The van der Waals surface area contributed by atoms with Gasteiger partial charge in [-0.2, -0.15) is 10.4 Å². The fourth-order valence-electron chi connectivity index (χ4n) is 3.98. The maximum absolute atomic E-state index is 14.0. The van der Waals surface area contributed by atoms with Crippen LogP contribution in [0.15, 0.2) is 42.5 Å². The zero-order valence-electron chi connectivity index (χ0n) is 18.5. The number of carbonyl (C=O) groups is 2. The van der Waals surface area contributed by atoms with Crippen LogP contribution in [0, 0.1) is 34.7 Å². The van der Waals surface area contributed by atoms with Crippen LogP contribution < -0.4 is 16.0 Å². The molecule has 0 saturated carbocycles. The van der Waals surface area contributed by atoms with E-state index in [9.17, 15) is 28.0 Å². The van der Waals surface area contributed by atoms with E-state index in [1.165, 1.54) is 35.0 Å². The third-order valence-corrected chi connectivity index (χ3v) is 5.76. The van der Waals surface area contributed by atoms with Crippen molar-refractivity contribution in [3.63, 3.8) is 0 Å². The minimum Gasteiger partial charge on any atom is -0.382 e. The number of nitrogens with zero attached hydrogens (tertiary/aromatic N) is 4. The summed E-state index contributed by atoms with van der Waals surface area (Å²) in [5.74, 6) is -3.35. The van der Waals surface area contributed by atoms with Crippen LogP contribution in [-0.4, -0.2) is 34.7 Å². The first-order valence-corrected chi connectivity index (χ1v) is 10.8. The number of amides is 2. The largest absolute Gasteiger partial charge is 0.382 e. The van der Waals surface area contributed by atoms with E-state index in [1.54, 1.807) is 0 Å². The Labute approximate surface area is 198 Å². The molecule has 1 fully saturated rings. The topological polar surface area (TPSA) is 117 Å². The Balaban J connectivity index is 1.33. The average molecular weight is 482 g/mol. The number of aryl methyl sites for hydroxylation is 1. The van der Waals surface area contributed by atoms with Gasteiger partial charge in [0, 0.05) is 25.6 Å². The molecule has 1 aliphatic rings. The van der Waals surface area contributed by atoms with E-state index >= 15 is 0 Å². The van der Waals surface area contributed by atoms with E-state index in [0.29, 0.717) is 30.3 Å². The number of anilines is 2. The molecule has 0 spiro atoms. The lowest BCUT2D eigenvalue weighted by Gasteiger charge is -2.17. The normalized spacial score (nSPS) is 15.3. The molecule has 1 atom stereocenters. The number of hydrogen-bond acceptors (Lipinski definition) is 5. The highest BCUT2D eigenvalue weighted by Gasteiger charge is 2.36. The van der Waals surface area contributed by atoms with Crippen molar-refractivity contribution in [2.45, 2.75) is 19.3 Å². The lowest BCUT2D eigenvalue weighted by atomic mass is 10.1.